The van der Waals surface area contributed by atoms with Crippen molar-refractivity contribution in [3.63, 3.8) is 0 Å². The number of thiophene rings is 1. The van der Waals surface area contributed by atoms with Crippen molar-refractivity contribution in [1.29, 1.82) is 5.26 Å². The predicted octanol–water partition coefficient (Wildman–Crippen LogP) is 4.30. The molecule has 2 aromatic carbocycles. The molecule has 0 spiro atoms. The summed E-state index contributed by atoms with van der Waals surface area (Å²) >= 11 is 7.14. The zero-order valence-corrected chi connectivity index (χ0v) is 16.1. The number of ketones is 1. The fourth-order valence-corrected chi connectivity index (χ4v) is 4.36. The zero-order valence-electron chi connectivity index (χ0n) is 14.5. The molecule has 0 aliphatic carbocycles. The van der Waals surface area contributed by atoms with E-state index in [2.05, 4.69) is 11.1 Å². The Morgan fingerprint density at radius 1 is 1.07 bits per heavy atom. The van der Waals surface area contributed by atoms with Crippen LogP contribution < -0.4 is 16.5 Å². The Bertz CT molecular complexity index is 1260. The number of hydrogen-bond acceptors (Lipinski definition) is 5. The molecule has 0 atom stereocenters. The summed E-state index contributed by atoms with van der Waals surface area (Å²) in [5.41, 5.74) is 15.0. The van der Waals surface area contributed by atoms with Gasteiger partial charge in [0.2, 0.25) is 5.78 Å². The molecule has 136 valence electrons. The first-order valence-electron chi connectivity index (χ1n) is 8.33. The average molecular weight is 406 g/mol. The van der Waals surface area contributed by atoms with Gasteiger partial charge in [-0.2, -0.15) is 5.26 Å². The van der Waals surface area contributed by atoms with E-state index in [-0.39, 0.29) is 11.6 Å². The molecule has 2 heterocycles. The number of nitrogens with two attached hydrogens (primary N) is 2. The van der Waals surface area contributed by atoms with Crippen LogP contribution in [-0.2, 0) is 0 Å². The monoisotopic (exact) mass is 405 g/mol. The Kier molecular flexibility index (Phi) is 4.47. The summed E-state index contributed by atoms with van der Waals surface area (Å²) in [6.07, 6.45) is 0. The van der Waals surface area contributed by atoms with Crippen LogP contribution in [0.15, 0.2) is 54.6 Å². The first-order chi connectivity index (χ1) is 13.5. The van der Waals surface area contributed by atoms with E-state index in [0.29, 0.717) is 42.5 Å². The standard InChI is InChI=1S/C21H13ClN4OS/c22-13-8-6-12(7-9-13)18(27)19-17(24)16-15(11-4-2-1-3-5-11)14(10-23)20(25)26-21(16)28-19/h1-9H,24H2,(H2,25,26)/p+1. The van der Waals surface area contributed by atoms with Gasteiger partial charge in [0.25, 0.3) is 5.82 Å². The topological polar surface area (TPSA) is 107 Å². The third-order valence-corrected chi connectivity index (χ3v) is 5.82. The van der Waals surface area contributed by atoms with Crippen LogP contribution in [0, 0.1) is 11.3 Å². The molecule has 2 aromatic heterocycles. The number of anilines is 2. The van der Waals surface area contributed by atoms with Crippen LogP contribution in [0.5, 0.6) is 0 Å². The van der Waals surface area contributed by atoms with Gasteiger partial charge in [-0.15, -0.1) is 0 Å². The summed E-state index contributed by atoms with van der Waals surface area (Å²) in [4.78, 5) is 17.1. The quantitative estimate of drug-likeness (QED) is 0.495. The number of pyridine rings is 1. The van der Waals surface area contributed by atoms with E-state index in [1.807, 2.05) is 30.3 Å². The van der Waals surface area contributed by atoms with Crippen molar-refractivity contribution in [1.82, 2.24) is 0 Å². The number of nitrogen functional groups attached to an aromatic ring is 2. The van der Waals surface area contributed by atoms with Crippen molar-refractivity contribution in [2.75, 3.05) is 11.5 Å². The number of benzene rings is 2. The van der Waals surface area contributed by atoms with Gasteiger partial charge < -0.3 is 5.73 Å². The second-order valence-electron chi connectivity index (χ2n) is 6.15. The van der Waals surface area contributed by atoms with Crippen LogP contribution in [0.25, 0.3) is 21.3 Å². The minimum Gasteiger partial charge on any atom is -0.397 e. The summed E-state index contributed by atoms with van der Waals surface area (Å²) in [5, 5.41) is 10.8. The minimum atomic E-state index is -0.208. The van der Waals surface area contributed by atoms with Gasteiger partial charge in [-0.3, -0.25) is 10.5 Å². The van der Waals surface area contributed by atoms with Gasteiger partial charge in [0, 0.05) is 16.1 Å². The largest absolute Gasteiger partial charge is 0.397 e. The molecule has 5 N–H and O–H groups in total. The SMILES string of the molecule is N#Cc1c(N)[nH+]c2sc(C(=O)c3ccc(Cl)cc3)c(N)c2c1-c1ccccc1. The molecule has 4 rings (SSSR count). The highest BCUT2D eigenvalue weighted by atomic mass is 35.5. The third kappa shape index (κ3) is 2.87. The molecule has 0 saturated carbocycles. The summed E-state index contributed by atoms with van der Waals surface area (Å²) in [6.45, 7) is 0. The number of nitrogens with zero attached hydrogens (tertiary/aromatic N) is 1. The summed E-state index contributed by atoms with van der Waals surface area (Å²) in [5.74, 6) is 0.0282. The van der Waals surface area contributed by atoms with Gasteiger partial charge in [0.15, 0.2) is 4.83 Å². The molecule has 0 unspecified atom stereocenters. The number of H-pyrrole nitrogens is 1. The maximum Gasteiger partial charge on any atom is 0.290 e. The normalized spacial score (nSPS) is 10.7. The molecule has 0 aliphatic rings. The van der Waals surface area contributed by atoms with E-state index in [9.17, 15) is 10.1 Å². The lowest BCUT2D eigenvalue weighted by Crippen LogP contribution is -2.13. The summed E-state index contributed by atoms with van der Waals surface area (Å²) < 4.78 is 0. The van der Waals surface area contributed by atoms with Gasteiger partial charge in [-0.25, -0.2) is 4.98 Å². The van der Waals surface area contributed by atoms with Crippen LogP contribution in [0.1, 0.15) is 20.8 Å². The molecule has 28 heavy (non-hydrogen) atoms. The molecule has 4 aromatic rings. The lowest BCUT2D eigenvalue weighted by Gasteiger charge is -2.07. The van der Waals surface area contributed by atoms with Crippen molar-refractivity contribution in [2.24, 2.45) is 0 Å². The predicted molar refractivity (Wildman–Crippen MR) is 112 cm³/mol. The van der Waals surface area contributed by atoms with E-state index >= 15 is 0 Å². The molecule has 0 fully saturated rings. The number of nitriles is 1. The van der Waals surface area contributed by atoms with Crippen molar-refractivity contribution in [3.8, 4) is 17.2 Å². The van der Waals surface area contributed by atoms with Crippen molar-refractivity contribution >= 4 is 50.4 Å². The molecule has 0 amide bonds. The van der Waals surface area contributed by atoms with Crippen molar-refractivity contribution in [3.05, 3.63) is 75.6 Å². The van der Waals surface area contributed by atoms with Gasteiger partial charge in [0.05, 0.1) is 11.1 Å². The number of carbonyl (C=O) groups is 1. The highest BCUT2D eigenvalue weighted by Gasteiger charge is 2.26. The molecule has 0 saturated heterocycles. The number of aromatic amines is 1. The number of halogens is 1. The number of carbonyl (C=O) groups excluding carboxylic acids is 1. The van der Waals surface area contributed by atoms with E-state index in [1.165, 1.54) is 11.3 Å². The van der Waals surface area contributed by atoms with Crippen LogP contribution in [-0.4, -0.2) is 5.78 Å². The summed E-state index contributed by atoms with van der Waals surface area (Å²) in [7, 11) is 0. The van der Waals surface area contributed by atoms with Crippen LogP contribution in [0.2, 0.25) is 5.02 Å². The van der Waals surface area contributed by atoms with E-state index < -0.39 is 0 Å². The van der Waals surface area contributed by atoms with Gasteiger partial charge in [0.1, 0.15) is 16.5 Å². The fraction of sp³-hybridized carbons (Fsp3) is 0. The summed E-state index contributed by atoms with van der Waals surface area (Å²) in [6, 6.07) is 18.2. The molecule has 0 radical (unpaired) electrons. The Morgan fingerprint density at radius 3 is 2.39 bits per heavy atom. The second-order valence-corrected chi connectivity index (χ2v) is 7.61. The van der Waals surface area contributed by atoms with Crippen molar-refractivity contribution < 1.29 is 9.78 Å². The maximum absolute atomic E-state index is 13.0. The molecular formula is C21H14ClN4OS+. The van der Waals surface area contributed by atoms with Crippen LogP contribution >= 0.6 is 22.9 Å². The number of hydrogen-bond donors (Lipinski definition) is 2. The zero-order chi connectivity index (χ0) is 19.8. The van der Waals surface area contributed by atoms with Gasteiger partial charge in [-0.05, 0) is 29.8 Å². The van der Waals surface area contributed by atoms with E-state index in [0.717, 1.165) is 5.56 Å². The Hall–Kier alpha value is -3.40. The third-order valence-electron chi connectivity index (χ3n) is 4.45. The molecule has 7 heteroatoms. The van der Waals surface area contributed by atoms with E-state index in [1.54, 1.807) is 24.3 Å². The molecule has 5 nitrogen and oxygen atoms in total. The fourth-order valence-electron chi connectivity index (χ4n) is 3.14. The number of fused-ring (bicyclic) bond motifs is 1. The van der Waals surface area contributed by atoms with Crippen LogP contribution in [0.4, 0.5) is 11.5 Å². The average Bonchev–Trinajstić information content (AvgIpc) is 3.03. The number of aromatic nitrogens is 1. The highest BCUT2D eigenvalue weighted by Crippen LogP contribution is 2.41. The number of nitrogens with one attached hydrogen (secondary N) is 1. The van der Waals surface area contributed by atoms with Crippen LogP contribution in [0.3, 0.4) is 0 Å². The Labute approximate surface area is 169 Å². The van der Waals surface area contributed by atoms with E-state index in [4.69, 9.17) is 23.1 Å². The highest BCUT2D eigenvalue weighted by molar-refractivity contribution is 7.21. The first kappa shape index (κ1) is 18.0. The smallest absolute Gasteiger partial charge is 0.290 e. The minimum absolute atomic E-state index is 0.208. The molecular weight excluding hydrogens is 392 g/mol. The first-order valence-corrected chi connectivity index (χ1v) is 9.53. The maximum atomic E-state index is 13.0. The second kappa shape index (κ2) is 6.97. The number of rotatable bonds is 3. The van der Waals surface area contributed by atoms with Crippen molar-refractivity contribution in [2.45, 2.75) is 0 Å². The lowest BCUT2D eigenvalue weighted by molar-refractivity contribution is -0.323. The van der Waals surface area contributed by atoms with Gasteiger partial charge in [-0.1, -0.05) is 53.3 Å². The molecule has 0 aliphatic heterocycles. The van der Waals surface area contributed by atoms with Gasteiger partial charge >= 0.3 is 0 Å². The lowest BCUT2D eigenvalue weighted by atomic mass is 9.97. The molecule has 0 bridgehead atoms. The Morgan fingerprint density at radius 2 is 1.75 bits per heavy atom. The Balaban J connectivity index is 2.01.